The van der Waals surface area contributed by atoms with Crippen LogP contribution in [-0.4, -0.2) is 18.4 Å². The lowest BCUT2D eigenvalue weighted by Crippen LogP contribution is -2.22. The average molecular weight is 427 g/mol. The first kappa shape index (κ1) is 21.0. The number of hydrogen-bond acceptors (Lipinski definition) is 3. The summed E-state index contributed by atoms with van der Waals surface area (Å²) in [6.45, 7) is 1.28. The molecule has 1 saturated carbocycles. The molecule has 1 aliphatic carbocycles. The summed E-state index contributed by atoms with van der Waals surface area (Å²) in [7, 11) is 0. The highest BCUT2D eigenvalue weighted by Gasteiger charge is 2.35. The topological polar surface area (TPSA) is 67.4 Å². The van der Waals surface area contributed by atoms with Crippen molar-refractivity contribution in [3.63, 3.8) is 0 Å². The second kappa shape index (κ2) is 8.32. The van der Waals surface area contributed by atoms with Gasteiger partial charge in [0.15, 0.2) is 6.61 Å². The molecule has 0 atom stereocenters. The minimum Gasteiger partial charge on any atom is -0.484 e. The Morgan fingerprint density at radius 3 is 2.48 bits per heavy atom. The van der Waals surface area contributed by atoms with Crippen molar-refractivity contribution in [1.29, 1.82) is 0 Å². The first-order valence-corrected chi connectivity index (χ1v) is 9.22. The summed E-state index contributed by atoms with van der Waals surface area (Å²) >= 11 is 5.91. The number of aryl methyl sites for hydroxylation is 1. The van der Waals surface area contributed by atoms with Crippen LogP contribution in [0.25, 0.3) is 0 Å². The summed E-state index contributed by atoms with van der Waals surface area (Å²) in [5.74, 6) is -0.826. The standard InChI is InChI=1S/C20H18ClF3N2O3/c1-11-8-14(5-6-16(11)21)29-10-18(27)26-17-7-4-13(9-15(17)20(22,23)24)25-19(28)12-2-3-12/h4-9,12H,2-3,10H2,1H3,(H,25,28)(H,26,27). The number of hydrogen-bond donors (Lipinski definition) is 2. The number of ether oxygens (including phenoxy) is 1. The van der Waals surface area contributed by atoms with Crippen molar-refractivity contribution in [3.8, 4) is 5.75 Å². The van der Waals surface area contributed by atoms with Gasteiger partial charge in [-0.05, 0) is 61.7 Å². The van der Waals surface area contributed by atoms with Gasteiger partial charge in [-0.2, -0.15) is 13.2 Å². The molecule has 1 aliphatic rings. The number of alkyl halides is 3. The van der Waals surface area contributed by atoms with Crippen LogP contribution >= 0.6 is 11.6 Å². The number of benzene rings is 2. The Balaban J connectivity index is 1.68. The zero-order valence-electron chi connectivity index (χ0n) is 15.4. The van der Waals surface area contributed by atoms with Gasteiger partial charge in [0.1, 0.15) is 5.75 Å². The fourth-order valence-corrected chi connectivity index (χ4v) is 2.72. The average Bonchev–Trinajstić information content (AvgIpc) is 3.48. The molecule has 1 fully saturated rings. The van der Waals surface area contributed by atoms with Crippen molar-refractivity contribution < 1.29 is 27.5 Å². The molecule has 2 amide bonds. The molecule has 29 heavy (non-hydrogen) atoms. The molecular weight excluding hydrogens is 409 g/mol. The maximum absolute atomic E-state index is 13.4. The Morgan fingerprint density at radius 1 is 1.14 bits per heavy atom. The number of carbonyl (C=O) groups excluding carboxylic acids is 2. The van der Waals surface area contributed by atoms with E-state index in [2.05, 4.69) is 10.6 Å². The SMILES string of the molecule is Cc1cc(OCC(=O)Nc2ccc(NC(=O)C3CC3)cc2C(F)(F)F)ccc1Cl. The third-order valence-electron chi connectivity index (χ3n) is 4.31. The van der Waals surface area contributed by atoms with Crippen LogP contribution in [0.1, 0.15) is 24.0 Å². The molecule has 9 heteroatoms. The summed E-state index contributed by atoms with van der Waals surface area (Å²) < 4.78 is 45.5. The summed E-state index contributed by atoms with van der Waals surface area (Å²) in [6.07, 6.45) is -3.24. The molecule has 3 rings (SSSR count). The second-order valence-corrected chi connectivity index (χ2v) is 7.18. The number of rotatable bonds is 6. The van der Waals surface area contributed by atoms with E-state index in [9.17, 15) is 22.8 Å². The van der Waals surface area contributed by atoms with Gasteiger partial charge in [0, 0.05) is 16.6 Å². The Labute approximate surface area is 170 Å². The molecule has 0 radical (unpaired) electrons. The number of amides is 2. The molecule has 0 bridgehead atoms. The summed E-state index contributed by atoms with van der Waals surface area (Å²) in [6, 6.07) is 8.00. The Bertz CT molecular complexity index is 943. The van der Waals surface area contributed by atoms with Crippen molar-refractivity contribution >= 4 is 34.8 Å². The summed E-state index contributed by atoms with van der Waals surface area (Å²) in [4.78, 5) is 23.9. The molecule has 154 valence electrons. The minimum absolute atomic E-state index is 0.0279. The molecule has 2 aromatic carbocycles. The van der Waals surface area contributed by atoms with Gasteiger partial charge in [-0.15, -0.1) is 0 Å². The summed E-state index contributed by atoms with van der Waals surface area (Å²) in [5, 5.41) is 5.21. The lowest BCUT2D eigenvalue weighted by Gasteiger charge is -2.16. The Morgan fingerprint density at radius 2 is 1.86 bits per heavy atom. The normalized spacial score (nSPS) is 13.7. The predicted octanol–water partition coefficient (Wildman–Crippen LogP) is 5.03. The van der Waals surface area contributed by atoms with Crippen molar-refractivity contribution in [2.75, 3.05) is 17.2 Å². The van der Waals surface area contributed by atoms with Gasteiger partial charge in [0.2, 0.25) is 5.91 Å². The predicted molar refractivity (Wildman–Crippen MR) is 103 cm³/mol. The molecule has 0 aromatic heterocycles. The third-order valence-corrected chi connectivity index (χ3v) is 4.74. The number of halogens is 4. The third kappa shape index (κ3) is 5.63. The van der Waals surface area contributed by atoms with Gasteiger partial charge in [0.25, 0.3) is 5.91 Å². The van der Waals surface area contributed by atoms with Crippen LogP contribution in [0.3, 0.4) is 0 Å². The minimum atomic E-state index is -4.71. The van der Waals surface area contributed by atoms with Crippen molar-refractivity contribution in [2.24, 2.45) is 5.92 Å². The van der Waals surface area contributed by atoms with Crippen LogP contribution in [-0.2, 0) is 15.8 Å². The van der Waals surface area contributed by atoms with Gasteiger partial charge in [-0.1, -0.05) is 11.6 Å². The highest BCUT2D eigenvalue weighted by molar-refractivity contribution is 6.31. The van der Waals surface area contributed by atoms with E-state index in [1.54, 1.807) is 25.1 Å². The lowest BCUT2D eigenvalue weighted by molar-refractivity contribution is -0.137. The quantitative estimate of drug-likeness (QED) is 0.680. The van der Waals surface area contributed by atoms with E-state index in [0.717, 1.165) is 30.5 Å². The highest BCUT2D eigenvalue weighted by atomic mass is 35.5. The van der Waals surface area contributed by atoms with E-state index in [0.29, 0.717) is 10.8 Å². The van der Waals surface area contributed by atoms with E-state index >= 15 is 0 Å². The molecule has 0 unspecified atom stereocenters. The van der Waals surface area contributed by atoms with Gasteiger partial charge in [0.05, 0.1) is 11.3 Å². The van der Waals surface area contributed by atoms with Crippen molar-refractivity contribution in [2.45, 2.75) is 25.9 Å². The second-order valence-electron chi connectivity index (χ2n) is 6.77. The molecule has 2 aromatic rings. The Hall–Kier alpha value is -2.74. The largest absolute Gasteiger partial charge is 0.484 e. The van der Waals surface area contributed by atoms with Crippen molar-refractivity contribution in [3.05, 3.63) is 52.5 Å². The van der Waals surface area contributed by atoms with Gasteiger partial charge in [-0.3, -0.25) is 9.59 Å². The molecular formula is C20H18ClF3N2O3. The van der Waals surface area contributed by atoms with E-state index in [1.165, 1.54) is 6.07 Å². The fraction of sp³-hybridized carbons (Fsp3) is 0.300. The first-order chi connectivity index (χ1) is 13.6. The molecule has 0 heterocycles. The van der Waals surface area contributed by atoms with Crippen LogP contribution in [0.2, 0.25) is 5.02 Å². The lowest BCUT2D eigenvalue weighted by atomic mass is 10.1. The zero-order chi connectivity index (χ0) is 21.2. The number of anilines is 2. The molecule has 0 saturated heterocycles. The molecule has 5 nitrogen and oxygen atoms in total. The highest BCUT2D eigenvalue weighted by Crippen LogP contribution is 2.37. The monoisotopic (exact) mass is 426 g/mol. The van der Waals surface area contributed by atoms with Gasteiger partial charge in [-0.25, -0.2) is 0 Å². The smallest absolute Gasteiger partial charge is 0.418 e. The van der Waals surface area contributed by atoms with Crippen LogP contribution in [0.15, 0.2) is 36.4 Å². The number of carbonyl (C=O) groups is 2. The van der Waals surface area contributed by atoms with Crippen LogP contribution in [0.5, 0.6) is 5.75 Å². The molecule has 0 aliphatic heterocycles. The molecule has 2 N–H and O–H groups in total. The van der Waals surface area contributed by atoms with Crippen LogP contribution < -0.4 is 15.4 Å². The van der Waals surface area contributed by atoms with E-state index in [-0.39, 0.29) is 17.5 Å². The maximum atomic E-state index is 13.4. The van der Waals surface area contributed by atoms with Crippen molar-refractivity contribution in [1.82, 2.24) is 0 Å². The van der Waals surface area contributed by atoms with E-state index in [4.69, 9.17) is 16.3 Å². The summed E-state index contributed by atoms with van der Waals surface area (Å²) in [5.41, 5.74) is -0.697. The van der Waals surface area contributed by atoms with Gasteiger partial charge >= 0.3 is 6.18 Å². The zero-order valence-corrected chi connectivity index (χ0v) is 16.2. The van der Waals surface area contributed by atoms with Gasteiger partial charge < -0.3 is 15.4 Å². The molecule has 0 spiro atoms. The fourth-order valence-electron chi connectivity index (χ4n) is 2.60. The Kier molecular flexibility index (Phi) is 6.02. The maximum Gasteiger partial charge on any atom is 0.418 e. The number of nitrogens with one attached hydrogen (secondary N) is 2. The van der Waals surface area contributed by atoms with E-state index in [1.807, 2.05) is 0 Å². The van der Waals surface area contributed by atoms with Crippen LogP contribution in [0, 0.1) is 12.8 Å². The van der Waals surface area contributed by atoms with Crippen LogP contribution in [0.4, 0.5) is 24.5 Å². The first-order valence-electron chi connectivity index (χ1n) is 8.84. The van der Waals surface area contributed by atoms with E-state index < -0.39 is 29.9 Å².